The molecule has 1 fully saturated rings. The van der Waals surface area contributed by atoms with Crippen LogP contribution in [0.3, 0.4) is 0 Å². The number of rotatable bonds is 4. The van der Waals surface area contributed by atoms with E-state index in [0.717, 1.165) is 43.0 Å². The molecule has 1 saturated heterocycles. The minimum Gasteiger partial charge on any atom is -0.493 e. The van der Waals surface area contributed by atoms with Crippen molar-refractivity contribution in [2.45, 2.75) is 25.4 Å². The van der Waals surface area contributed by atoms with Gasteiger partial charge in [0, 0.05) is 6.54 Å². The van der Waals surface area contributed by atoms with Gasteiger partial charge in [-0.3, -0.25) is 0 Å². The molecule has 1 atom stereocenters. The summed E-state index contributed by atoms with van der Waals surface area (Å²) in [4.78, 5) is 0. The Morgan fingerprint density at radius 1 is 1.44 bits per heavy atom. The molecule has 0 bridgehead atoms. The first-order chi connectivity index (χ1) is 8.83. The molecule has 0 radical (unpaired) electrons. The van der Waals surface area contributed by atoms with E-state index in [9.17, 15) is 0 Å². The van der Waals surface area contributed by atoms with Gasteiger partial charge >= 0.3 is 0 Å². The number of hydrogen-bond acceptors (Lipinski definition) is 4. The lowest BCUT2D eigenvalue weighted by Gasteiger charge is -2.25. The molecule has 4 nitrogen and oxygen atoms in total. The molecule has 96 valence electrons. The minimum absolute atomic E-state index is 0.185. The van der Waals surface area contributed by atoms with Crippen LogP contribution in [0.1, 0.15) is 18.4 Å². The highest BCUT2D eigenvalue weighted by Gasteiger charge is 2.16. The third-order valence-corrected chi connectivity index (χ3v) is 3.06. The highest BCUT2D eigenvalue weighted by atomic mass is 16.5. The summed E-state index contributed by atoms with van der Waals surface area (Å²) in [7, 11) is 1.63. The maximum atomic E-state index is 8.73. The van der Waals surface area contributed by atoms with E-state index >= 15 is 0 Å². The Morgan fingerprint density at radius 3 is 3.00 bits per heavy atom. The lowest BCUT2D eigenvalue weighted by atomic mass is 10.1. The highest BCUT2D eigenvalue weighted by Crippen LogP contribution is 2.30. The largest absolute Gasteiger partial charge is 0.493 e. The Labute approximate surface area is 108 Å². The van der Waals surface area contributed by atoms with E-state index in [4.69, 9.17) is 14.7 Å². The zero-order chi connectivity index (χ0) is 12.8. The number of nitrogens with zero attached hydrogens (tertiary/aromatic N) is 1. The van der Waals surface area contributed by atoms with Gasteiger partial charge in [0.15, 0.2) is 11.5 Å². The molecule has 2 rings (SSSR count). The molecule has 1 aliphatic rings. The van der Waals surface area contributed by atoms with Crippen molar-refractivity contribution in [1.82, 2.24) is 5.32 Å². The molecule has 0 aromatic heterocycles. The SMILES string of the molecule is COc1ccc(CC#N)cc1OC1CCCNC1. The molecule has 1 N–H and O–H groups in total. The van der Waals surface area contributed by atoms with E-state index in [1.165, 1.54) is 0 Å². The lowest BCUT2D eigenvalue weighted by molar-refractivity contribution is 0.161. The maximum Gasteiger partial charge on any atom is 0.161 e. The molecule has 1 unspecified atom stereocenters. The van der Waals surface area contributed by atoms with Crippen molar-refractivity contribution in [3.63, 3.8) is 0 Å². The van der Waals surface area contributed by atoms with Gasteiger partial charge in [-0.25, -0.2) is 0 Å². The van der Waals surface area contributed by atoms with Gasteiger partial charge in [-0.1, -0.05) is 6.07 Å². The second-order valence-corrected chi connectivity index (χ2v) is 4.41. The van der Waals surface area contributed by atoms with Crippen LogP contribution in [0.15, 0.2) is 18.2 Å². The fourth-order valence-electron chi connectivity index (χ4n) is 2.11. The quantitative estimate of drug-likeness (QED) is 0.881. The molecule has 18 heavy (non-hydrogen) atoms. The second kappa shape index (κ2) is 6.27. The number of ether oxygens (including phenoxy) is 2. The van der Waals surface area contributed by atoms with Crippen molar-refractivity contribution < 1.29 is 9.47 Å². The van der Waals surface area contributed by atoms with Crippen LogP contribution in [0.5, 0.6) is 11.5 Å². The summed E-state index contributed by atoms with van der Waals surface area (Å²) in [5.41, 5.74) is 0.956. The molecular formula is C14H18N2O2. The van der Waals surface area contributed by atoms with Crippen molar-refractivity contribution in [1.29, 1.82) is 5.26 Å². The summed E-state index contributed by atoms with van der Waals surface area (Å²) >= 11 is 0. The summed E-state index contributed by atoms with van der Waals surface area (Å²) in [6.07, 6.45) is 2.76. The fraction of sp³-hybridized carbons (Fsp3) is 0.500. The van der Waals surface area contributed by atoms with Gasteiger partial charge in [0.1, 0.15) is 6.10 Å². The van der Waals surface area contributed by atoms with E-state index in [0.29, 0.717) is 6.42 Å². The third kappa shape index (κ3) is 3.14. The third-order valence-electron chi connectivity index (χ3n) is 3.06. The average molecular weight is 246 g/mol. The van der Waals surface area contributed by atoms with E-state index < -0.39 is 0 Å². The number of nitrogens with one attached hydrogen (secondary N) is 1. The first-order valence-corrected chi connectivity index (χ1v) is 6.24. The van der Waals surface area contributed by atoms with E-state index in [-0.39, 0.29) is 6.10 Å². The fourth-order valence-corrected chi connectivity index (χ4v) is 2.11. The Bertz CT molecular complexity index is 434. The van der Waals surface area contributed by atoms with Crippen molar-refractivity contribution in [2.24, 2.45) is 0 Å². The highest BCUT2D eigenvalue weighted by molar-refractivity contribution is 5.43. The Balaban J connectivity index is 2.12. The van der Waals surface area contributed by atoms with Crippen LogP contribution in [0.25, 0.3) is 0 Å². The molecule has 1 aromatic rings. The van der Waals surface area contributed by atoms with Crippen LogP contribution in [-0.4, -0.2) is 26.3 Å². The van der Waals surface area contributed by atoms with E-state index in [1.807, 2.05) is 18.2 Å². The number of methoxy groups -OCH3 is 1. The van der Waals surface area contributed by atoms with Crippen LogP contribution < -0.4 is 14.8 Å². The number of hydrogen-bond donors (Lipinski definition) is 1. The smallest absolute Gasteiger partial charge is 0.161 e. The first-order valence-electron chi connectivity index (χ1n) is 6.24. The van der Waals surface area contributed by atoms with Gasteiger partial charge in [-0.15, -0.1) is 0 Å². The first kappa shape index (κ1) is 12.7. The van der Waals surface area contributed by atoms with Crippen LogP contribution in [-0.2, 0) is 6.42 Å². The molecular weight excluding hydrogens is 228 g/mol. The Kier molecular flexibility index (Phi) is 4.43. The molecule has 0 aliphatic carbocycles. The summed E-state index contributed by atoms with van der Waals surface area (Å²) in [6, 6.07) is 7.80. The molecule has 1 aromatic carbocycles. The maximum absolute atomic E-state index is 8.73. The van der Waals surface area contributed by atoms with Crippen molar-refractivity contribution >= 4 is 0 Å². The van der Waals surface area contributed by atoms with Gasteiger partial charge in [0.2, 0.25) is 0 Å². The molecule has 4 heteroatoms. The van der Waals surface area contributed by atoms with Crippen LogP contribution >= 0.6 is 0 Å². The van der Waals surface area contributed by atoms with Crippen molar-refractivity contribution in [2.75, 3.05) is 20.2 Å². The van der Waals surface area contributed by atoms with Crippen LogP contribution in [0.4, 0.5) is 0 Å². The van der Waals surface area contributed by atoms with Gasteiger partial charge in [0.05, 0.1) is 19.6 Å². The second-order valence-electron chi connectivity index (χ2n) is 4.41. The number of benzene rings is 1. The zero-order valence-electron chi connectivity index (χ0n) is 10.6. The Hall–Kier alpha value is -1.73. The normalized spacial score (nSPS) is 19.0. The topological polar surface area (TPSA) is 54.3 Å². The zero-order valence-corrected chi connectivity index (χ0v) is 10.6. The lowest BCUT2D eigenvalue weighted by Crippen LogP contribution is -2.37. The van der Waals surface area contributed by atoms with E-state index in [2.05, 4.69) is 11.4 Å². The van der Waals surface area contributed by atoms with Crippen molar-refractivity contribution in [3.05, 3.63) is 23.8 Å². The summed E-state index contributed by atoms with van der Waals surface area (Å²) < 4.78 is 11.3. The summed E-state index contributed by atoms with van der Waals surface area (Å²) in [5, 5.41) is 12.0. The molecule has 1 heterocycles. The predicted molar refractivity (Wildman–Crippen MR) is 68.8 cm³/mol. The molecule has 1 aliphatic heterocycles. The molecule has 0 amide bonds. The van der Waals surface area contributed by atoms with Crippen LogP contribution in [0, 0.1) is 11.3 Å². The van der Waals surface area contributed by atoms with E-state index in [1.54, 1.807) is 7.11 Å². The average Bonchev–Trinajstić information content (AvgIpc) is 2.41. The molecule has 0 spiro atoms. The standard InChI is InChI=1S/C14H18N2O2/c1-17-13-5-4-11(6-7-15)9-14(13)18-12-3-2-8-16-10-12/h4-5,9,12,16H,2-3,6,8,10H2,1H3. The summed E-state index contributed by atoms with van der Waals surface area (Å²) in [6.45, 7) is 1.93. The number of piperidine rings is 1. The molecule has 0 saturated carbocycles. The monoisotopic (exact) mass is 246 g/mol. The van der Waals surface area contributed by atoms with Crippen LogP contribution in [0.2, 0.25) is 0 Å². The van der Waals surface area contributed by atoms with Gasteiger partial charge < -0.3 is 14.8 Å². The van der Waals surface area contributed by atoms with Crippen molar-refractivity contribution in [3.8, 4) is 17.6 Å². The minimum atomic E-state index is 0.185. The van der Waals surface area contributed by atoms with Gasteiger partial charge in [-0.05, 0) is 37.1 Å². The van der Waals surface area contributed by atoms with Gasteiger partial charge in [0.25, 0.3) is 0 Å². The Morgan fingerprint density at radius 2 is 2.33 bits per heavy atom. The number of nitriles is 1. The predicted octanol–water partition coefficient (Wildman–Crippen LogP) is 1.89. The summed E-state index contributed by atoms with van der Waals surface area (Å²) in [5.74, 6) is 1.46. The van der Waals surface area contributed by atoms with Gasteiger partial charge in [-0.2, -0.15) is 5.26 Å².